The molecule has 1 atom stereocenters. The highest BCUT2D eigenvalue weighted by Crippen LogP contribution is 2.22. The number of hydrogen-bond donors (Lipinski definition) is 1. The van der Waals surface area contributed by atoms with E-state index < -0.39 is 0 Å². The van der Waals surface area contributed by atoms with E-state index in [2.05, 4.69) is 19.2 Å². The summed E-state index contributed by atoms with van der Waals surface area (Å²) in [5, 5.41) is 3.61. The van der Waals surface area contributed by atoms with Gasteiger partial charge in [-0.2, -0.15) is 0 Å². The lowest BCUT2D eigenvalue weighted by Crippen LogP contribution is -2.63. The van der Waals surface area contributed by atoms with Gasteiger partial charge in [0.15, 0.2) is 0 Å². The molecule has 2 rings (SSSR count). The van der Waals surface area contributed by atoms with Crippen molar-refractivity contribution in [3.8, 4) is 0 Å². The molecule has 0 radical (unpaired) electrons. The molecule has 1 aliphatic heterocycles. The summed E-state index contributed by atoms with van der Waals surface area (Å²) in [7, 11) is 0. The summed E-state index contributed by atoms with van der Waals surface area (Å²) in [6.07, 6.45) is 6.16. The van der Waals surface area contributed by atoms with E-state index >= 15 is 0 Å². The summed E-state index contributed by atoms with van der Waals surface area (Å²) in [5.41, 5.74) is 0. The van der Waals surface area contributed by atoms with Crippen molar-refractivity contribution in [3.05, 3.63) is 0 Å². The fourth-order valence-electron chi connectivity index (χ4n) is 2.54. The van der Waals surface area contributed by atoms with Crippen molar-refractivity contribution in [2.45, 2.75) is 58.0 Å². The Morgan fingerprint density at radius 3 is 2.56 bits per heavy atom. The Morgan fingerprint density at radius 2 is 2.06 bits per heavy atom. The number of nitrogens with zero attached hydrogens (tertiary/aromatic N) is 1. The molecule has 1 amide bonds. The van der Waals surface area contributed by atoms with Crippen LogP contribution in [0.3, 0.4) is 0 Å². The Labute approximate surface area is 98.6 Å². The maximum atomic E-state index is 11.9. The molecule has 16 heavy (non-hydrogen) atoms. The second-order valence-electron chi connectivity index (χ2n) is 5.42. The molecule has 0 aromatic carbocycles. The van der Waals surface area contributed by atoms with E-state index in [4.69, 9.17) is 0 Å². The third-order valence-corrected chi connectivity index (χ3v) is 3.91. The summed E-state index contributed by atoms with van der Waals surface area (Å²) in [5.74, 6) is 0.572. The second-order valence-corrected chi connectivity index (χ2v) is 5.42. The summed E-state index contributed by atoms with van der Waals surface area (Å²) in [4.78, 5) is 13.9. The monoisotopic (exact) mass is 224 g/mol. The molecule has 0 aromatic heterocycles. The van der Waals surface area contributed by atoms with Crippen LogP contribution in [-0.2, 0) is 4.79 Å². The molecule has 2 fully saturated rings. The van der Waals surface area contributed by atoms with E-state index in [0.717, 1.165) is 32.0 Å². The third-order valence-electron chi connectivity index (χ3n) is 3.91. The number of rotatable bonds is 5. The molecule has 3 nitrogen and oxygen atoms in total. The van der Waals surface area contributed by atoms with Crippen LogP contribution in [0.2, 0.25) is 0 Å². The first-order valence-electron chi connectivity index (χ1n) is 6.75. The van der Waals surface area contributed by atoms with Gasteiger partial charge in [-0.1, -0.05) is 26.7 Å². The largest absolute Gasteiger partial charge is 0.339 e. The standard InChI is InChI=1S/C13H24N2O/c1-3-5-10(2)13(16)15-8-12(9-15)14-11-6-4-7-11/h10-12,14H,3-9H2,1-2H3. The SMILES string of the molecule is CCCC(C)C(=O)N1CC(NC2CCC2)C1. The van der Waals surface area contributed by atoms with Crippen molar-refractivity contribution in [3.63, 3.8) is 0 Å². The van der Waals surface area contributed by atoms with Crippen molar-refractivity contribution in [1.82, 2.24) is 10.2 Å². The van der Waals surface area contributed by atoms with E-state index in [1.165, 1.54) is 19.3 Å². The smallest absolute Gasteiger partial charge is 0.225 e. The van der Waals surface area contributed by atoms with E-state index in [9.17, 15) is 4.79 Å². The van der Waals surface area contributed by atoms with Gasteiger partial charge in [0.1, 0.15) is 0 Å². The van der Waals surface area contributed by atoms with Gasteiger partial charge in [0.2, 0.25) is 5.91 Å². The average molecular weight is 224 g/mol. The van der Waals surface area contributed by atoms with Gasteiger partial charge in [0.25, 0.3) is 0 Å². The number of hydrogen-bond acceptors (Lipinski definition) is 2. The van der Waals surface area contributed by atoms with Crippen molar-refractivity contribution < 1.29 is 4.79 Å². The first-order chi connectivity index (χ1) is 7.70. The van der Waals surface area contributed by atoms with Gasteiger partial charge >= 0.3 is 0 Å². The van der Waals surface area contributed by atoms with E-state index in [-0.39, 0.29) is 5.92 Å². The zero-order valence-electron chi connectivity index (χ0n) is 10.5. The first kappa shape index (κ1) is 11.9. The minimum absolute atomic E-state index is 0.217. The lowest BCUT2D eigenvalue weighted by atomic mass is 9.91. The quantitative estimate of drug-likeness (QED) is 0.772. The first-order valence-corrected chi connectivity index (χ1v) is 6.75. The highest BCUT2D eigenvalue weighted by atomic mass is 16.2. The Morgan fingerprint density at radius 1 is 1.38 bits per heavy atom. The molecule has 2 aliphatic rings. The molecular formula is C13H24N2O. The summed E-state index contributed by atoms with van der Waals surface area (Å²) in [6, 6.07) is 1.32. The Balaban J connectivity index is 1.64. The molecule has 92 valence electrons. The minimum atomic E-state index is 0.217. The number of carbonyl (C=O) groups is 1. The zero-order chi connectivity index (χ0) is 11.5. The van der Waals surface area contributed by atoms with Gasteiger partial charge in [-0.05, 0) is 19.3 Å². The normalized spacial score (nSPS) is 23.8. The average Bonchev–Trinajstić information content (AvgIpc) is 2.12. The maximum Gasteiger partial charge on any atom is 0.225 e. The number of nitrogens with one attached hydrogen (secondary N) is 1. The molecule has 1 aliphatic carbocycles. The van der Waals surface area contributed by atoms with Crippen molar-refractivity contribution in [2.24, 2.45) is 5.92 Å². The summed E-state index contributed by atoms with van der Waals surface area (Å²) < 4.78 is 0. The summed E-state index contributed by atoms with van der Waals surface area (Å²) in [6.45, 7) is 6.06. The molecule has 3 heteroatoms. The van der Waals surface area contributed by atoms with Crippen LogP contribution in [0.25, 0.3) is 0 Å². The van der Waals surface area contributed by atoms with Gasteiger partial charge < -0.3 is 10.2 Å². The summed E-state index contributed by atoms with van der Waals surface area (Å²) >= 11 is 0. The molecule has 0 aromatic rings. The highest BCUT2D eigenvalue weighted by molar-refractivity contribution is 5.79. The lowest BCUT2D eigenvalue weighted by Gasteiger charge is -2.44. The van der Waals surface area contributed by atoms with Crippen LogP contribution >= 0.6 is 0 Å². The van der Waals surface area contributed by atoms with Crippen LogP contribution in [0.4, 0.5) is 0 Å². The molecule has 1 N–H and O–H groups in total. The predicted octanol–water partition coefficient (Wildman–Crippen LogP) is 1.78. The van der Waals surface area contributed by atoms with Crippen LogP contribution in [0.1, 0.15) is 46.0 Å². The highest BCUT2D eigenvalue weighted by Gasteiger charge is 2.34. The topological polar surface area (TPSA) is 32.3 Å². The Bertz CT molecular complexity index is 244. The molecule has 0 spiro atoms. The molecule has 1 saturated heterocycles. The van der Waals surface area contributed by atoms with E-state index in [1.807, 2.05) is 4.90 Å². The van der Waals surface area contributed by atoms with Crippen LogP contribution in [0.5, 0.6) is 0 Å². The van der Waals surface area contributed by atoms with Gasteiger partial charge in [-0.25, -0.2) is 0 Å². The van der Waals surface area contributed by atoms with Gasteiger partial charge in [0.05, 0.1) is 0 Å². The lowest BCUT2D eigenvalue weighted by molar-refractivity contribution is -0.140. The number of likely N-dealkylation sites (tertiary alicyclic amines) is 1. The van der Waals surface area contributed by atoms with Crippen LogP contribution < -0.4 is 5.32 Å². The maximum absolute atomic E-state index is 11.9. The molecular weight excluding hydrogens is 200 g/mol. The van der Waals surface area contributed by atoms with E-state index in [0.29, 0.717) is 11.9 Å². The Kier molecular flexibility index (Phi) is 3.85. The van der Waals surface area contributed by atoms with Crippen LogP contribution in [0, 0.1) is 5.92 Å². The van der Waals surface area contributed by atoms with Gasteiger partial charge in [0, 0.05) is 31.1 Å². The fourth-order valence-corrected chi connectivity index (χ4v) is 2.54. The molecule has 1 unspecified atom stereocenters. The molecule has 1 saturated carbocycles. The fraction of sp³-hybridized carbons (Fsp3) is 0.923. The van der Waals surface area contributed by atoms with Gasteiger partial charge in [-0.3, -0.25) is 4.79 Å². The number of amides is 1. The predicted molar refractivity (Wildman–Crippen MR) is 65.2 cm³/mol. The van der Waals surface area contributed by atoms with Crippen molar-refractivity contribution in [2.75, 3.05) is 13.1 Å². The Hall–Kier alpha value is -0.570. The van der Waals surface area contributed by atoms with Crippen molar-refractivity contribution in [1.29, 1.82) is 0 Å². The molecule has 1 heterocycles. The molecule has 0 bridgehead atoms. The van der Waals surface area contributed by atoms with E-state index in [1.54, 1.807) is 0 Å². The van der Waals surface area contributed by atoms with Crippen LogP contribution in [0.15, 0.2) is 0 Å². The van der Waals surface area contributed by atoms with Crippen LogP contribution in [-0.4, -0.2) is 36.0 Å². The number of carbonyl (C=O) groups excluding carboxylic acids is 1. The van der Waals surface area contributed by atoms with Crippen molar-refractivity contribution >= 4 is 5.91 Å². The second kappa shape index (κ2) is 5.17. The zero-order valence-corrected chi connectivity index (χ0v) is 10.5. The third kappa shape index (κ3) is 2.57. The minimum Gasteiger partial charge on any atom is -0.339 e. The van der Waals surface area contributed by atoms with Gasteiger partial charge in [-0.15, -0.1) is 0 Å².